The fourth-order valence-corrected chi connectivity index (χ4v) is 5.84. The molecule has 1 atom stereocenters. The Labute approximate surface area is 194 Å². The average molecular weight is 427 g/mol. The van der Waals surface area contributed by atoms with Gasteiger partial charge in [0.2, 0.25) is 0 Å². The van der Waals surface area contributed by atoms with Crippen LogP contribution in [0, 0.1) is 19.8 Å². The van der Waals surface area contributed by atoms with Gasteiger partial charge in [0.15, 0.2) is 0 Å². The fourth-order valence-electron chi connectivity index (χ4n) is 5.84. The maximum absolute atomic E-state index is 2.74. The number of hydrogen-bond acceptors (Lipinski definition) is 2. The number of rotatable bonds is 6. The summed E-state index contributed by atoms with van der Waals surface area (Å²) in [6, 6.07) is 20.6. The number of likely N-dealkylation sites (tertiary alicyclic amines) is 1. The summed E-state index contributed by atoms with van der Waals surface area (Å²) < 4.78 is 0. The van der Waals surface area contributed by atoms with Gasteiger partial charge in [-0.05, 0) is 104 Å². The van der Waals surface area contributed by atoms with Gasteiger partial charge in [0.25, 0.3) is 0 Å². The third kappa shape index (κ3) is 5.08. The molecule has 1 fully saturated rings. The number of piperidine rings is 1. The zero-order valence-electron chi connectivity index (χ0n) is 19.9. The predicted molar refractivity (Wildman–Crippen MR) is 136 cm³/mol. The van der Waals surface area contributed by atoms with Gasteiger partial charge in [0.05, 0.1) is 0 Å². The second-order valence-electron chi connectivity index (χ2n) is 10.3. The van der Waals surface area contributed by atoms with Crippen molar-refractivity contribution in [1.29, 1.82) is 0 Å². The Morgan fingerprint density at radius 3 is 2.53 bits per heavy atom. The standard InChI is InChI=1S/C30H38N2/c1-23-17-29-13-16-32(22-30(29)18-24(23)2)21-26-8-6-15-31(20-26)14-5-7-25-11-12-27-9-3-4-10-28(27)19-25/h3-4,9-12,17-19,26H,5-8,13-16,20-22H2,1-2H3. The second-order valence-corrected chi connectivity index (χ2v) is 10.3. The first-order chi connectivity index (χ1) is 15.6. The zero-order chi connectivity index (χ0) is 21.9. The first-order valence-corrected chi connectivity index (χ1v) is 12.7. The largest absolute Gasteiger partial charge is 0.303 e. The van der Waals surface area contributed by atoms with Crippen LogP contribution in [0.4, 0.5) is 0 Å². The molecule has 32 heavy (non-hydrogen) atoms. The quantitative estimate of drug-likeness (QED) is 0.466. The minimum Gasteiger partial charge on any atom is -0.303 e. The lowest BCUT2D eigenvalue weighted by molar-refractivity contribution is 0.126. The molecule has 0 aliphatic carbocycles. The van der Waals surface area contributed by atoms with Crippen molar-refractivity contribution in [2.45, 2.75) is 52.5 Å². The van der Waals surface area contributed by atoms with Crippen molar-refractivity contribution < 1.29 is 0 Å². The molecule has 1 unspecified atom stereocenters. The van der Waals surface area contributed by atoms with Crippen molar-refractivity contribution in [3.8, 4) is 0 Å². The lowest BCUT2D eigenvalue weighted by Crippen LogP contribution is -2.42. The Hall–Kier alpha value is -2.16. The van der Waals surface area contributed by atoms with Crippen LogP contribution in [-0.2, 0) is 19.4 Å². The second kappa shape index (κ2) is 9.77. The van der Waals surface area contributed by atoms with Crippen LogP contribution in [0.25, 0.3) is 10.8 Å². The number of nitrogens with zero attached hydrogens (tertiary/aromatic N) is 2. The molecule has 2 heterocycles. The van der Waals surface area contributed by atoms with Gasteiger partial charge in [0.1, 0.15) is 0 Å². The molecule has 2 aliphatic heterocycles. The Kier molecular flexibility index (Phi) is 6.62. The summed E-state index contributed by atoms with van der Waals surface area (Å²) >= 11 is 0. The Balaban J connectivity index is 1.11. The van der Waals surface area contributed by atoms with Crippen LogP contribution in [0.2, 0.25) is 0 Å². The SMILES string of the molecule is Cc1cc2c(cc1C)CN(CC1CCCN(CCCc3ccc4ccccc4c3)C1)CC2. The molecule has 2 heteroatoms. The summed E-state index contributed by atoms with van der Waals surface area (Å²) in [5.41, 5.74) is 7.53. The van der Waals surface area contributed by atoms with Crippen molar-refractivity contribution in [2.24, 2.45) is 5.92 Å². The van der Waals surface area contributed by atoms with Crippen molar-refractivity contribution >= 4 is 10.8 Å². The van der Waals surface area contributed by atoms with E-state index in [1.54, 1.807) is 11.1 Å². The van der Waals surface area contributed by atoms with Crippen molar-refractivity contribution in [3.05, 3.63) is 82.4 Å². The number of fused-ring (bicyclic) bond motifs is 2. The van der Waals surface area contributed by atoms with Gasteiger partial charge in [-0.25, -0.2) is 0 Å². The molecule has 0 bridgehead atoms. The normalized spacial score (nSPS) is 19.9. The first kappa shape index (κ1) is 21.7. The van der Waals surface area contributed by atoms with Gasteiger partial charge >= 0.3 is 0 Å². The van der Waals surface area contributed by atoms with Crippen molar-refractivity contribution in [3.63, 3.8) is 0 Å². The average Bonchev–Trinajstić information content (AvgIpc) is 2.80. The highest BCUT2D eigenvalue weighted by molar-refractivity contribution is 5.82. The summed E-state index contributed by atoms with van der Waals surface area (Å²) in [6.07, 6.45) is 6.44. The minimum absolute atomic E-state index is 0.831. The van der Waals surface area contributed by atoms with Crippen molar-refractivity contribution in [2.75, 3.05) is 32.7 Å². The summed E-state index contributed by atoms with van der Waals surface area (Å²) in [4.78, 5) is 5.46. The minimum atomic E-state index is 0.831. The number of benzene rings is 3. The summed E-state index contributed by atoms with van der Waals surface area (Å²) in [7, 11) is 0. The van der Waals surface area contributed by atoms with E-state index in [0.717, 1.165) is 12.5 Å². The molecule has 168 valence electrons. The van der Waals surface area contributed by atoms with Crippen LogP contribution >= 0.6 is 0 Å². The van der Waals surface area contributed by atoms with Crippen LogP contribution in [0.1, 0.15) is 47.1 Å². The molecule has 5 rings (SSSR count). The monoisotopic (exact) mass is 426 g/mol. The van der Waals surface area contributed by atoms with Crippen LogP contribution in [0.15, 0.2) is 54.6 Å². The molecule has 3 aromatic carbocycles. The Bertz CT molecular complexity index is 1070. The summed E-state index contributed by atoms with van der Waals surface area (Å²) in [6.45, 7) is 12.0. The first-order valence-electron chi connectivity index (χ1n) is 12.7. The molecule has 2 aliphatic rings. The van der Waals surface area contributed by atoms with Gasteiger partial charge in [-0.1, -0.05) is 54.6 Å². The topological polar surface area (TPSA) is 6.48 Å². The Morgan fingerprint density at radius 2 is 1.66 bits per heavy atom. The molecular weight excluding hydrogens is 388 g/mol. The smallest absolute Gasteiger partial charge is 0.0236 e. The van der Waals surface area contributed by atoms with Crippen LogP contribution in [0.5, 0.6) is 0 Å². The van der Waals surface area contributed by atoms with E-state index in [4.69, 9.17) is 0 Å². The lowest BCUT2D eigenvalue weighted by atomic mass is 9.92. The lowest BCUT2D eigenvalue weighted by Gasteiger charge is -2.37. The summed E-state index contributed by atoms with van der Waals surface area (Å²) in [5, 5.41) is 2.72. The molecule has 0 N–H and O–H groups in total. The molecular formula is C30H38N2. The van der Waals surface area contributed by atoms with Gasteiger partial charge < -0.3 is 4.90 Å². The van der Waals surface area contributed by atoms with E-state index in [1.165, 1.54) is 92.3 Å². The highest BCUT2D eigenvalue weighted by atomic mass is 15.2. The van der Waals surface area contributed by atoms with E-state index in [9.17, 15) is 0 Å². The molecule has 1 saturated heterocycles. The third-order valence-corrected chi connectivity index (χ3v) is 7.78. The molecule has 2 nitrogen and oxygen atoms in total. The zero-order valence-corrected chi connectivity index (χ0v) is 19.9. The molecule has 0 amide bonds. The highest BCUT2D eigenvalue weighted by Gasteiger charge is 2.24. The summed E-state index contributed by atoms with van der Waals surface area (Å²) in [5.74, 6) is 0.831. The van der Waals surface area contributed by atoms with E-state index in [1.807, 2.05) is 0 Å². The van der Waals surface area contributed by atoms with Gasteiger partial charge in [-0.3, -0.25) is 4.90 Å². The molecule has 0 spiro atoms. The molecule has 0 radical (unpaired) electrons. The van der Waals surface area contributed by atoms with Gasteiger partial charge in [0, 0.05) is 26.2 Å². The Morgan fingerprint density at radius 1 is 0.844 bits per heavy atom. The fraction of sp³-hybridized carbons (Fsp3) is 0.467. The van der Waals surface area contributed by atoms with E-state index in [0.29, 0.717) is 0 Å². The van der Waals surface area contributed by atoms with E-state index in [-0.39, 0.29) is 0 Å². The molecule has 3 aromatic rings. The number of aryl methyl sites for hydroxylation is 3. The van der Waals surface area contributed by atoms with Crippen molar-refractivity contribution in [1.82, 2.24) is 9.80 Å². The van der Waals surface area contributed by atoms with Crippen LogP contribution in [-0.4, -0.2) is 42.5 Å². The van der Waals surface area contributed by atoms with Gasteiger partial charge in [-0.2, -0.15) is 0 Å². The van der Waals surface area contributed by atoms with E-state index < -0.39 is 0 Å². The predicted octanol–water partition coefficient (Wildman–Crippen LogP) is 6.16. The van der Waals surface area contributed by atoms with Gasteiger partial charge in [-0.15, -0.1) is 0 Å². The highest BCUT2D eigenvalue weighted by Crippen LogP contribution is 2.25. The number of hydrogen-bond donors (Lipinski definition) is 0. The molecule has 0 saturated carbocycles. The van der Waals surface area contributed by atoms with Crippen LogP contribution < -0.4 is 0 Å². The molecule has 0 aromatic heterocycles. The maximum Gasteiger partial charge on any atom is 0.0236 e. The maximum atomic E-state index is 2.74. The third-order valence-electron chi connectivity index (χ3n) is 7.78. The van der Waals surface area contributed by atoms with Crippen LogP contribution in [0.3, 0.4) is 0 Å². The van der Waals surface area contributed by atoms with E-state index >= 15 is 0 Å². The van der Waals surface area contributed by atoms with E-state index in [2.05, 4.69) is 78.2 Å².